The maximum atomic E-state index is 8.86. The van der Waals surface area contributed by atoms with E-state index in [4.69, 9.17) is 10.9 Å². The second kappa shape index (κ2) is 5.24. The molecular formula is C10H15N3O. The largest absolute Gasteiger partial charge is 0.399 e. The van der Waals surface area contributed by atoms with Crippen molar-refractivity contribution in [3.8, 4) is 0 Å². The normalized spacial score (nSPS) is 11.4. The Hall–Kier alpha value is -1.55. The van der Waals surface area contributed by atoms with Crippen LogP contribution in [-0.4, -0.2) is 17.6 Å². The van der Waals surface area contributed by atoms with E-state index >= 15 is 0 Å². The Bertz CT molecular complexity index is 306. The number of amidine groups is 1. The van der Waals surface area contributed by atoms with Gasteiger partial charge in [0.25, 0.3) is 0 Å². The van der Waals surface area contributed by atoms with E-state index in [1.807, 2.05) is 19.1 Å². The average Bonchev–Trinajstić information content (AvgIpc) is 2.21. The van der Waals surface area contributed by atoms with Crippen molar-refractivity contribution >= 4 is 11.5 Å². The van der Waals surface area contributed by atoms with Crippen molar-refractivity contribution in [2.75, 3.05) is 12.3 Å². The Labute approximate surface area is 83.4 Å². The van der Waals surface area contributed by atoms with Crippen molar-refractivity contribution in [3.63, 3.8) is 0 Å². The molecular weight excluding hydrogens is 178 g/mol. The van der Waals surface area contributed by atoms with Crippen LogP contribution in [0.15, 0.2) is 29.3 Å². The van der Waals surface area contributed by atoms with Gasteiger partial charge in [-0.2, -0.15) is 0 Å². The molecule has 4 nitrogen and oxygen atoms in total. The molecule has 0 unspecified atom stereocenters. The van der Waals surface area contributed by atoms with E-state index in [9.17, 15) is 0 Å². The lowest BCUT2D eigenvalue weighted by Gasteiger charge is -2.04. The summed E-state index contributed by atoms with van der Waals surface area (Å²) in [4.78, 5) is 4.18. The van der Waals surface area contributed by atoms with Crippen LogP contribution in [0.3, 0.4) is 0 Å². The number of nitrogens with one attached hydrogen (secondary N) is 1. The van der Waals surface area contributed by atoms with Gasteiger partial charge in [0.1, 0.15) is 0 Å². The summed E-state index contributed by atoms with van der Waals surface area (Å²) in [5.41, 5.74) is 9.15. The second-order valence-corrected chi connectivity index (χ2v) is 2.96. The number of rotatable bonds is 3. The van der Waals surface area contributed by atoms with Gasteiger partial charge in [0.15, 0.2) is 5.84 Å². The number of aliphatic imine (C=N–C) groups is 1. The first-order valence-corrected chi connectivity index (χ1v) is 4.58. The molecule has 0 saturated heterocycles. The maximum Gasteiger partial charge on any atom is 0.152 e. The van der Waals surface area contributed by atoms with Gasteiger partial charge in [0.2, 0.25) is 0 Å². The van der Waals surface area contributed by atoms with E-state index in [-0.39, 0.29) is 0 Å². The predicted octanol–water partition coefficient (Wildman–Crippen LogP) is 1.40. The summed E-state index contributed by atoms with van der Waals surface area (Å²) >= 11 is 0. The van der Waals surface area contributed by atoms with Gasteiger partial charge in [-0.05, 0) is 30.7 Å². The third-order valence-electron chi connectivity index (χ3n) is 1.78. The van der Waals surface area contributed by atoms with Crippen molar-refractivity contribution < 1.29 is 5.21 Å². The van der Waals surface area contributed by atoms with Crippen LogP contribution < -0.4 is 11.2 Å². The predicted molar refractivity (Wildman–Crippen MR) is 57.5 cm³/mol. The minimum absolute atomic E-state index is 0.479. The second-order valence-electron chi connectivity index (χ2n) is 2.96. The summed E-state index contributed by atoms with van der Waals surface area (Å²) in [5.74, 6) is 0.479. The molecule has 0 aliphatic heterocycles. The highest BCUT2D eigenvalue weighted by Crippen LogP contribution is 2.05. The number of nitrogen functional groups attached to an aromatic ring is 1. The molecule has 0 amide bonds. The number of nitrogens with two attached hydrogens (primary N) is 1. The van der Waals surface area contributed by atoms with Crippen molar-refractivity contribution in [1.82, 2.24) is 5.48 Å². The van der Waals surface area contributed by atoms with Crippen LogP contribution in [0.4, 0.5) is 5.69 Å². The topological polar surface area (TPSA) is 70.6 Å². The van der Waals surface area contributed by atoms with Gasteiger partial charge in [0.05, 0.1) is 0 Å². The molecule has 0 aliphatic carbocycles. The Morgan fingerprint density at radius 2 is 2.07 bits per heavy atom. The molecule has 1 aromatic rings. The maximum absolute atomic E-state index is 8.86. The third kappa shape index (κ3) is 2.74. The van der Waals surface area contributed by atoms with Crippen molar-refractivity contribution in [1.29, 1.82) is 0 Å². The summed E-state index contributed by atoms with van der Waals surface area (Å²) in [7, 11) is 0. The van der Waals surface area contributed by atoms with Gasteiger partial charge in [-0.1, -0.05) is 6.92 Å². The molecule has 0 atom stereocenters. The van der Waals surface area contributed by atoms with E-state index < -0.39 is 0 Å². The number of hydrogen-bond donors (Lipinski definition) is 3. The first-order valence-electron chi connectivity index (χ1n) is 4.58. The highest BCUT2D eigenvalue weighted by molar-refractivity contribution is 5.98. The molecule has 4 heteroatoms. The fourth-order valence-corrected chi connectivity index (χ4v) is 1.06. The minimum Gasteiger partial charge on any atom is -0.399 e. The summed E-state index contributed by atoms with van der Waals surface area (Å²) in [6.07, 6.45) is 0.945. The lowest BCUT2D eigenvalue weighted by atomic mass is 10.2. The van der Waals surface area contributed by atoms with Crippen LogP contribution in [0.25, 0.3) is 0 Å². The lowest BCUT2D eigenvalue weighted by molar-refractivity contribution is 0.234. The first kappa shape index (κ1) is 10.5. The fourth-order valence-electron chi connectivity index (χ4n) is 1.06. The SMILES string of the molecule is CCCN=C(NO)c1ccc(N)cc1. The molecule has 0 heterocycles. The summed E-state index contributed by atoms with van der Waals surface area (Å²) < 4.78 is 0. The Morgan fingerprint density at radius 1 is 1.43 bits per heavy atom. The van der Waals surface area contributed by atoms with Crippen LogP contribution in [0.1, 0.15) is 18.9 Å². The molecule has 0 aromatic heterocycles. The zero-order valence-electron chi connectivity index (χ0n) is 8.20. The molecule has 0 radical (unpaired) electrons. The van der Waals surface area contributed by atoms with E-state index in [2.05, 4.69) is 10.5 Å². The molecule has 0 spiro atoms. The van der Waals surface area contributed by atoms with Gasteiger partial charge in [0, 0.05) is 17.8 Å². The zero-order chi connectivity index (χ0) is 10.4. The standard InChI is InChI=1S/C10H15N3O/c1-2-7-12-10(13-14)8-3-5-9(11)6-4-8/h3-6,14H,2,7,11H2,1H3,(H,12,13). The van der Waals surface area contributed by atoms with Gasteiger partial charge in [-0.25, -0.2) is 0 Å². The number of benzene rings is 1. The Kier molecular flexibility index (Phi) is 3.94. The minimum atomic E-state index is 0.479. The van der Waals surface area contributed by atoms with Gasteiger partial charge in [-0.15, -0.1) is 0 Å². The highest BCUT2D eigenvalue weighted by atomic mass is 16.5. The lowest BCUT2D eigenvalue weighted by Crippen LogP contribution is -2.20. The molecule has 0 saturated carbocycles. The van der Waals surface area contributed by atoms with Gasteiger partial charge in [-0.3, -0.25) is 15.7 Å². The van der Waals surface area contributed by atoms with E-state index in [1.165, 1.54) is 0 Å². The van der Waals surface area contributed by atoms with Crippen LogP contribution >= 0.6 is 0 Å². The molecule has 0 bridgehead atoms. The zero-order valence-corrected chi connectivity index (χ0v) is 8.20. The molecule has 14 heavy (non-hydrogen) atoms. The summed E-state index contributed by atoms with van der Waals surface area (Å²) in [5, 5.41) is 8.86. The number of anilines is 1. The van der Waals surface area contributed by atoms with E-state index in [1.54, 1.807) is 12.1 Å². The van der Waals surface area contributed by atoms with E-state index in [0.717, 1.165) is 12.0 Å². The van der Waals surface area contributed by atoms with Gasteiger partial charge < -0.3 is 5.73 Å². The molecule has 4 N–H and O–H groups in total. The first-order chi connectivity index (χ1) is 6.77. The Morgan fingerprint density at radius 3 is 2.57 bits per heavy atom. The Balaban J connectivity index is 2.84. The average molecular weight is 193 g/mol. The number of hydroxylamine groups is 1. The number of nitrogens with zero attached hydrogens (tertiary/aromatic N) is 1. The van der Waals surface area contributed by atoms with Gasteiger partial charge >= 0.3 is 0 Å². The highest BCUT2D eigenvalue weighted by Gasteiger charge is 2.00. The number of hydrogen-bond acceptors (Lipinski definition) is 3. The van der Waals surface area contributed by atoms with Crippen LogP contribution in [-0.2, 0) is 0 Å². The summed E-state index contributed by atoms with van der Waals surface area (Å²) in [6.45, 7) is 2.72. The third-order valence-corrected chi connectivity index (χ3v) is 1.78. The van der Waals surface area contributed by atoms with Crippen molar-refractivity contribution in [3.05, 3.63) is 29.8 Å². The molecule has 0 aliphatic rings. The van der Waals surface area contributed by atoms with Crippen LogP contribution in [0, 0.1) is 0 Å². The molecule has 76 valence electrons. The monoisotopic (exact) mass is 193 g/mol. The van der Waals surface area contributed by atoms with E-state index in [0.29, 0.717) is 18.1 Å². The quantitative estimate of drug-likeness (QED) is 0.294. The molecule has 1 aromatic carbocycles. The molecule has 1 rings (SSSR count). The fraction of sp³-hybridized carbons (Fsp3) is 0.300. The smallest absolute Gasteiger partial charge is 0.152 e. The van der Waals surface area contributed by atoms with Crippen molar-refractivity contribution in [2.45, 2.75) is 13.3 Å². The van der Waals surface area contributed by atoms with Crippen LogP contribution in [0.5, 0.6) is 0 Å². The van der Waals surface area contributed by atoms with Crippen molar-refractivity contribution in [2.24, 2.45) is 4.99 Å². The van der Waals surface area contributed by atoms with Crippen LogP contribution in [0.2, 0.25) is 0 Å². The molecule has 0 fully saturated rings. The summed E-state index contributed by atoms with van der Waals surface area (Å²) in [6, 6.07) is 7.17.